The van der Waals surface area contributed by atoms with Crippen LogP contribution in [0.5, 0.6) is 0 Å². The SMILES string of the molecule is Cc1noc(-c2cc(F)ccc2C(=O)N2C3CCC2C(Cc2cnc(C(F)(F)F)cn2)C3)n1.O=C(c1c(F)cccc1-c1ncco1)N1C2CCC1C(Cc1cnc(C(F)(F)F)cn1)C2.O=C(c1cc(F)ccc1-c1ncco1)N1C2CCC1C(Cc1cnc(C(F)(F)F)cn1)C2. The number of benzene rings is 3. The molecule has 9 atom stereocenters. The molecule has 6 saturated heterocycles. The number of amides is 3. The number of halogens is 12. The van der Waals surface area contributed by atoms with Gasteiger partial charge < -0.3 is 28.1 Å². The first-order valence-electron chi connectivity index (χ1n) is 30.9. The fraction of sp³-hybridized carbons (Fsp3) is 0.379. The van der Waals surface area contributed by atoms with Gasteiger partial charge in [0.25, 0.3) is 23.6 Å². The average molecular weight is 1350 g/mol. The summed E-state index contributed by atoms with van der Waals surface area (Å²) >= 11 is 0. The molecule has 0 aliphatic carbocycles. The number of aromatic nitrogens is 10. The molecule has 0 radical (unpaired) electrons. The van der Waals surface area contributed by atoms with Crippen molar-refractivity contribution in [3.63, 3.8) is 0 Å². The van der Waals surface area contributed by atoms with Gasteiger partial charge in [0.15, 0.2) is 22.9 Å². The molecule has 6 aliphatic rings. The van der Waals surface area contributed by atoms with Crippen LogP contribution in [0.1, 0.15) is 129 Å². The highest BCUT2D eigenvalue weighted by Crippen LogP contribution is 2.48. The van der Waals surface area contributed by atoms with Crippen LogP contribution in [0.4, 0.5) is 52.7 Å². The zero-order valence-electron chi connectivity index (χ0n) is 50.9. The van der Waals surface area contributed by atoms with Crippen LogP contribution in [0.2, 0.25) is 0 Å². The maximum Gasteiger partial charge on any atom is 0.434 e. The number of alkyl halides is 9. The predicted octanol–water partition coefficient (Wildman–Crippen LogP) is 13.3. The Morgan fingerprint density at radius 2 is 0.918 bits per heavy atom. The fourth-order valence-electron chi connectivity index (χ4n) is 14.8. The van der Waals surface area contributed by atoms with Gasteiger partial charge in [-0.1, -0.05) is 11.2 Å². The topological polar surface area (TPSA) is 229 Å². The Labute approximate surface area is 542 Å². The van der Waals surface area contributed by atoms with E-state index in [1.165, 1.54) is 73.5 Å². The van der Waals surface area contributed by atoms with Crippen LogP contribution in [0.3, 0.4) is 0 Å². The minimum absolute atomic E-state index is 0.00256. The highest BCUT2D eigenvalue weighted by molar-refractivity contribution is 6.02. The molecule has 6 bridgehead atoms. The lowest BCUT2D eigenvalue weighted by atomic mass is 9.86. The van der Waals surface area contributed by atoms with Gasteiger partial charge in [0.1, 0.15) is 30.0 Å². The number of aryl methyl sites for hydroxylation is 1. The van der Waals surface area contributed by atoms with Gasteiger partial charge in [-0.25, -0.2) is 38.1 Å². The molecule has 6 aliphatic heterocycles. The third kappa shape index (κ3) is 13.5. The minimum Gasteiger partial charge on any atom is -0.445 e. The van der Waals surface area contributed by atoms with Gasteiger partial charge in [-0.15, -0.1) is 0 Å². The standard InChI is InChI=1S/C22H19F4N5O2.2C22H18F4N4O2/c1-11-29-20(33-30-11)17-8-13(23)2-4-16(17)21(32)31-15-3-5-18(31)12(7-15)6-14-9-28-19(10-27-14)22(24,25)26;23-13-1-3-16(20-27-5-6-32-20)17(9-13)21(31)30-15-2-4-18(30)12(8-15)7-14-10-29-19(11-28-14)22(24,25)26;23-16-3-1-2-15(20-27-6-7-32-20)19(16)21(31)30-14-4-5-17(30)12(9-14)8-13-10-29-18(11-28-13)22(24,25)26/h2,4,8-10,12,15,18H,3,5-7H2,1H3;1,3,5-6,9-12,15,18H,2,4,7-8H2;1-3,6-7,10-12,14,17H,4-5,8-9H2. The highest BCUT2D eigenvalue weighted by Gasteiger charge is 2.52. The molecular formula is C66H55F12N13O6. The van der Waals surface area contributed by atoms with Gasteiger partial charge in [0, 0.05) is 54.8 Å². The summed E-state index contributed by atoms with van der Waals surface area (Å²) in [6.07, 6.45) is 5.78. The maximum atomic E-state index is 14.8. The molecule has 504 valence electrons. The molecule has 12 heterocycles. The third-order valence-corrected chi connectivity index (χ3v) is 18.8. The number of oxazole rings is 2. The summed E-state index contributed by atoms with van der Waals surface area (Å²) < 4.78 is 173. The Morgan fingerprint density at radius 1 is 0.474 bits per heavy atom. The van der Waals surface area contributed by atoms with Crippen LogP contribution in [0, 0.1) is 42.1 Å². The zero-order valence-corrected chi connectivity index (χ0v) is 50.9. The number of hydrogen-bond acceptors (Lipinski definition) is 16. The molecule has 3 aromatic carbocycles. The Kier molecular flexibility index (Phi) is 17.8. The molecule has 31 heteroatoms. The molecule has 3 amide bonds. The van der Waals surface area contributed by atoms with E-state index < -0.39 is 59.0 Å². The smallest absolute Gasteiger partial charge is 0.434 e. The van der Waals surface area contributed by atoms with Crippen molar-refractivity contribution in [2.24, 2.45) is 17.8 Å². The van der Waals surface area contributed by atoms with Gasteiger partial charge in [-0.2, -0.15) is 44.5 Å². The molecule has 15 rings (SSSR count). The number of fused-ring (bicyclic) bond motifs is 6. The number of hydrogen-bond donors (Lipinski definition) is 0. The van der Waals surface area contributed by atoms with Crippen LogP contribution < -0.4 is 0 Å². The molecule has 19 nitrogen and oxygen atoms in total. The van der Waals surface area contributed by atoms with Crippen molar-refractivity contribution in [3.05, 3.63) is 191 Å². The first kappa shape index (κ1) is 65.7. The van der Waals surface area contributed by atoms with Crippen molar-refractivity contribution in [2.75, 3.05) is 0 Å². The van der Waals surface area contributed by atoms with Crippen molar-refractivity contribution < 1.29 is 80.4 Å². The summed E-state index contributed by atoms with van der Waals surface area (Å²) in [5.41, 5.74) is -0.448. The van der Waals surface area contributed by atoms with Crippen molar-refractivity contribution in [1.29, 1.82) is 0 Å². The zero-order chi connectivity index (χ0) is 68.2. The number of rotatable bonds is 12. The summed E-state index contributed by atoms with van der Waals surface area (Å²) in [6.45, 7) is 1.63. The summed E-state index contributed by atoms with van der Waals surface area (Å²) in [4.78, 5) is 80.2. The monoisotopic (exact) mass is 1350 g/mol. The average Bonchev–Trinajstić information content (AvgIpc) is 1.62. The lowest BCUT2D eigenvalue weighted by Crippen LogP contribution is -2.37. The Balaban J connectivity index is 0.000000131. The summed E-state index contributed by atoms with van der Waals surface area (Å²) in [5.74, 6) is -1.76. The van der Waals surface area contributed by atoms with Crippen LogP contribution >= 0.6 is 0 Å². The summed E-state index contributed by atoms with van der Waals surface area (Å²) in [6, 6.07) is 11.7. The van der Waals surface area contributed by atoms with E-state index in [9.17, 15) is 67.1 Å². The normalized spacial score (nSPS) is 22.4. The number of nitrogens with zero attached hydrogens (tertiary/aromatic N) is 13. The maximum absolute atomic E-state index is 14.8. The Bertz CT molecular complexity index is 4330. The van der Waals surface area contributed by atoms with Gasteiger partial charge in [-0.05, 0) is 150 Å². The van der Waals surface area contributed by atoms with Crippen molar-refractivity contribution in [3.8, 4) is 34.4 Å². The lowest BCUT2D eigenvalue weighted by Gasteiger charge is -2.25. The molecule has 9 aromatic rings. The van der Waals surface area contributed by atoms with E-state index in [1.54, 1.807) is 22.8 Å². The number of carbonyl (C=O) groups excluding carboxylic acids is 3. The van der Waals surface area contributed by atoms with Gasteiger partial charge in [-0.3, -0.25) is 29.3 Å². The molecule has 9 unspecified atom stereocenters. The molecule has 0 spiro atoms. The predicted molar refractivity (Wildman–Crippen MR) is 314 cm³/mol. The number of carbonyl (C=O) groups is 3. The lowest BCUT2D eigenvalue weighted by molar-refractivity contribution is -0.142. The van der Waals surface area contributed by atoms with E-state index in [4.69, 9.17) is 13.4 Å². The van der Waals surface area contributed by atoms with Gasteiger partial charge in [0.05, 0.1) is 81.4 Å². The van der Waals surface area contributed by atoms with E-state index in [0.717, 1.165) is 82.1 Å². The van der Waals surface area contributed by atoms with Gasteiger partial charge >= 0.3 is 18.5 Å². The second-order valence-corrected chi connectivity index (χ2v) is 24.7. The Hall–Kier alpha value is -9.97. The third-order valence-electron chi connectivity index (χ3n) is 18.8. The molecular weight excluding hydrogens is 1300 g/mol. The largest absolute Gasteiger partial charge is 0.445 e. The first-order valence-corrected chi connectivity index (χ1v) is 30.9. The van der Waals surface area contributed by atoms with Crippen LogP contribution in [-0.2, 0) is 37.8 Å². The van der Waals surface area contributed by atoms with E-state index >= 15 is 0 Å². The molecule has 97 heavy (non-hydrogen) atoms. The van der Waals surface area contributed by atoms with Crippen molar-refractivity contribution in [1.82, 2.24) is 64.7 Å². The van der Waals surface area contributed by atoms with Crippen LogP contribution in [0.15, 0.2) is 130 Å². The van der Waals surface area contributed by atoms with Gasteiger partial charge in [0.2, 0.25) is 11.8 Å². The van der Waals surface area contributed by atoms with E-state index in [0.29, 0.717) is 60.6 Å². The fourth-order valence-corrected chi connectivity index (χ4v) is 14.8. The van der Waals surface area contributed by atoms with E-state index in [2.05, 4.69) is 50.0 Å². The van der Waals surface area contributed by atoms with E-state index in [1.807, 2.05) is 4.90 Å². The molecule has 6 aromatic heterocycles. The minimum atomic E-state index is -4.54. The summed E-state index contributed by atoms with van der Waals surface area (Å²) in [5, 5.41) is 3.73. The highest BCUT2D eigenvalue weighted by atomic mass is 19.4. The van der Waals surface area contributed by atoms with Crippen molar-refractivity contribution >= 4 is 17.7 Å². The molecule has 6 fully saturated rings. The second kappa shape index (κ2) is 26.2. The summed E-state index contributed by atoms with van der Waals surface area (Å²) in [7, 11) is 0. The molecule has 0 saturated carbocycles. The first-order chi connectivity index (χ1) is 46.3. The Morgan fingerprint density at radius 3 is 1.34 bits per heavy atom. The molecule has 0 N–H and O–H groups in total. The quantitative estimate of drug-likeness (QED) is 0.104. The van der Waals surface area contributed by atoms with Crippen molar-refractivity contribution in [2.45, 2.75) is 139 Å². The second-order valence-electron chi connectivity index (χ2n) is 24.7. The van der Waals surface area contributed by atoms with Crippen LogP contribution in [-0.4, -0.2) is 119 Å². The van der Waals surface area contributed by atoms with Crippen LogP contribution in [0.25, 0.3) is 34.4 Å². The van der Waals surface area contributed by atoms with E-state index in [-0.39, 0.29) is 111 Å².